The normalized spacial score (nSPS) is 18.4. The Hall–Kier alpha value is -1.95. The Morgan fingerprint density at radius 3 is 3.00 bits per heavy atom. The van der Waals surface area contributed by atoms with Gasteiger partial charge < -0.3 is 15.5 Å². The first-order valence-corrected chi connectivity index (χ1v) is 7.07. The molecule has 1 fully saturated rings. The van der Waals surface area contributed by atoms with E-state index in [2.05, 4.69) is 10.6 Å². The third-order valence-corrected chi connectivity index (χ3v) is 3.41. The van der Waals surface area contributed by atoms with Gasteiger partial charge in [-0.3, -0.25) is 9.59 Å². The van der Waals surface area contributed by atoms with E-state index >= 15 is 0 Å². The number of nitrogens with zero attached hydrogens (tertiary/aromatic N) is 1. The molecule has 1 aromatic rings. The highest BCUT2D eigenvalue weighted by molar-refractivity contribution is 5.85. The number of hydrogen-bond donors (Lipinski definition) is 2. The molecule has 2 amide bonds. The number of amides is 2. The fourth-order valence-corrected chi connectivity index (χ4v) is 2.34. The van der Waals surface area contributed by atoms with Crippen molar-refractivity contribution in [3.05, 3.63) is 35.6 Å². The summed E-state index contributed by atoms with van der Waals surface area (Å²) in [5.41, 5.74) is 0.593. The smallest absolute Gasteiger partial charge is 0.242 e. The minimum absolute atomic E-state index is 0.0130. The van der Waals surface area contributed by atoms with Crippen molar-refractivity contribution >= 4 is 11.8 Å². The van der Waals surface area contributed by atoms with Gasteiger partial charge in [0.05, 0.1) is 13.0 Å². The average Bonchev–Trinajstić information content (AvgIpc) is 2.45. The van der Waals surface area contributed by atoms with Crippen molar-refractivity contribution in [1.82, 2.24) is 15.5 Å². The first-order valence-electron chi connectivity index (χ1n) is 7.07. The molecule has 114 valence electrons. The Bertz CT molecular complexity index is 521. The predicted octanol–water partition coefficient (Wildman–Crippen LogP) is 0.305. The number of nitrogens with one attached hydrogen (secondary N) is 2. The molecule has 1 aliphatic rings. The number of carbonyl (C=O) groups excluding carboxylic acids is 2. The van der Waals surface area contributed by atoms with Gasteiger partial charge in [-0.15, -0.1) is 0 Å². The predicted molar refractivity (Wildman–Crippen MR) is 77.2 cm³/mol. The average molecular weight is 293 g/mol. The number of benzene rings is 1. The molecule has 1 saturated heterocycles. The summed E-state index contributed by atoms with van der Waals surface area (Å²) in [6.07, 6.45) is 0.0724. The van der Waals surface area contributed by atoms with Gasteiger partial charge in [0.1, 0.15) is 5.82 Å². The van der Waals surface area contributed by atoms with Gasteiger partial charge in [0.2, 0.25) is 11.8 Å². The van der Waals surface area contributed by atoms with Gasteiger partial charge in [0, 0.05) is 25.7 Å². The van der Waals surface area contributed by atoms with E-state index in [1.54, 1.807) is 17.0 Å². The third-order valence-electron chi connectivity index (χ3n) is 3.41. The Labute approximate surface area is 123 Å². The highest BCUT2D eigenvalue weighted by Crippen LogP contribution is 2.04. The van der Waals surface area contributed by atoms with Crippen LogP contribution in [0.4, 0.5) is 4.39 Å². The van der Waals surface area contributed by atoms with E-state index in [0.29, 0.717) is 18.7 Å². The minimum atomic E-state index is -0.369. The summed E-state index contributed by atoms with van der Waals surface area (Å²) in [4.78, 5) is 25.5. The van der Waals surface area contributed by atoms with Crippen LogP contribution in [0.25, 0.3) is 0 Å². The molecule has 2 rings (SSSR count). The second kappa shape index (κ2) is 7.17. The summed E-state index contributed by atoms with van der Waals surface area (Å²) in [7, 11) is 0. The lowest BCUT2D eigenvalue weighted by molar-refractivity contribution is -0.133. The van der Waals surface area contributed by atoms with Crippen molar-refractivity contribution in [2.24, 2.45) is 0 Å². The zero-order chi connectivity index (χ0) is 15.2. The minimum Gasteiger partial charge on any atom is -0.347 e. The molecule has 21 heavy (non-hydrogen) atoms. The van der Waals surface area contributed by atoms with Crippen LogP contribution in [0.15, 0.2) is 24.3 Å². The van der Waals surface area contributed by atoms with Gasteiger partial charge >= 0.3 is 0 Å². The van der Waals surface area contributed by atoms with Crippen molar-refractivity contribution in [3.8, 4) is 0 Å². The number of carbonyl (C=O) groups is 2. The van der Waals surface area contributed by atoms with E-state index in [1.807, 2.05) is 6.92 Å². The van der Waals surface area contributed by atoms with E-state index in [-0.39, 0.29) is 36.6 Å². The Morgan fingerprint density at radius 1 is 1.48 bits per heavy atom. The van der Waals surface area contributed by atoms with Crippen LogP contribution in [0, 0.1) is 5.82 Å². The van der Waals surface area contributed by atoms with E-state index in [1.165, 1.54) is 12.1 Å². The second-order valence-corrected chi connectivity index (χ2v) is 5.28. The van der Waals surface area contributed by atoms with Crippen molar-refractivity contribution in [2.45, 2.75) is 19.4 Å². The molecule has 1 atom stereocenters. The molecule has 1 aromatic carbocycles. The first-order chi connectivity index (χ1) is 10.0. The zero-order valence-corrected chi connectivity index (χ0v) is 12.1. The third kappa shape index (κ3) is 4.82. The van der Waals surface area contributed by atoms with E-state index in [0.717, 1.165) is 6.54 Å². The lowest BCUT2D eigenvalue weighted by Gasteiger charge is -2.31. The molecule has 2 N–H and O–H groups in total. The fraction of sp³-hybridized carbons (Fsp3) is 0.467. The molecule has 0 aromatic heterocycles. The molecule has 0 spiro atoms. The maximum Gasteiger partial charge on any atom is 0.242 e. The van der Waals surface area contributed by atoms with Crippen LogP contribution in [0.1, 0.15) is 12.5 Å². The van der Waals surface area contributed by atoms with Gasteiger partial charge in [-0.1, -0.05) is 12.1 Å². The highest BCUT2D eigenvalue weighted by Gasteiger charge is 2.20. The molecule has 5 nitrogen and oxygen atoms in total. The quantitative estimate of drug-likeness (QED) is 0.839. The van der Waals surface area contributed by atoms with Crippen molar-refractivity contribution in [2.75, 3.05) is 26.2 Å². The van der Waals surface area contributed by atoms with Crippen LogP contribution in [0.3, 0.4) is 0 Å². The number of halogens is 1. The van der Waals surface area contributed by atoms with Crippen LogP contribution in [-0.4, -0.2) is 48.9 Å². The molecule has 6 heteroatoms. The van der Waals surface area contributed by atoms with Crippen LogP contribution in [0.5, 0.6) is 0 Å². The molecule has 0 saturated carbocycles. The summed E-state index contributed by atoms with van der Waals surface area (Å²) >= 11 is 0. The topological polar surface area (TPSA) is 61.4 Å². The molecule has 1 unspecified atom stereocenters. The zero-order valence-electron chi connectivity index (χ0n) is 12.1. The largest absolute Gasteiger partial charge is 0.347 e. The van der Waals surface area contributed by atoms with Crippen LogP contribution in [-0.2, 0) is 16.0 Å². The first kappa shape index (κ1) is 15.4. The summed E-state index contributed by atoms with van der Waals surface area (Å²) in [6.45, 7) is 4.08. The summed E-state index contributed by atoms with van der Waals surface area (Å²) < 4.78 is 13.0. The molecule has 1 heterocycles. The van der Waals surface area contributed by atoms with Gasteiger partial charge in [0.15, 0.2) is 0 Å². The lowest BCUT2D eigenvalue weighted by atomic mass is 10.1. The molecule has 0 radical (unpaired) electrons. The van der Waals surface area contributed by atoms with Crippen LogP contribution >= 0.6 is 0 Å². The Kier molecular flexibility index (Phi) is 5.27. The summed E-state index contributed by atoms with van der Waals surface area (Å²) in [6, 6.07) is 6.16. The van der Waals surface area contributed by atoms with Crippen molar-refractivity contribution in [3.63, 3.8) is 0 Å². The van der Waals surface area contributed by atoms with E-state index < -0.39 is 0 Å². The van der Waals surface area contributed by atoms with Crippen molar-refractivity contribution in [1.29, 1.82) is 0 Å². The SMILES string of the molecule is CC1CN(C(=O)CNC(=O)Cc2cccc(F)c2)CCN1. The fourth-order valence-electron chi connectivity index (χ4n) is 2.34. The second-order valence-electron chi connectivity index (χ2n) is 5.28. The molecular formula is C15H20FN3O2. The molecule has 1 aliphatic heterocycles. The van der Waals surface area contributed by atoms with E-state index in [4.69, 9.17) is 0 Å². The van der Waals surface area contributed by atoms with E-state index in [9.17, 15) is 14.0 Å². The van der Waals surface area contributed by atoms with Gasteiger partial charge in [-0.05, 0) is 24.6 Å². The lowest BCUT2D eigenvalue weighted by Crippen LogP contribution is -2.53. The summed E-state index contributed by atoms with van der Waals surface area (Å²) in [5, 5.41) is 5.84. The number of piperazine rings is 1. The Morgan fingerprint density at radius 2 is 2.29 bits per heavy atom. The number of rotatable bonds is 4. The van der Waals surface area contributed by atoms with Crippen LogP contribution in [0.2, 0.25) is 0 Å². The number of hydrogen-bond acceptors (Lipinski definition) is 3. The van der Waals surface area contributed by atoms with Gasteiger partial charge in [0.25, 0.3) is 0 Å². The highest BCUT2D eigenvalue weighted by atomic mass is 19.1. The maximum absolute atomic E-state index is 13.0. The van der Waals surface area contributed by atoms with Gasteiger partial charge in [-0.25, -0.2) is 4.39 Å². The molecule has 0 bridgehead atoms. The molecule has 0 aliphatic carbocycles. The Balaban J connectivity index is 1.77. The maximum atomic E-state index is 13.0. The van der Waals surface area contributed by atoms with Crippen LogP contribution < -0.4 is 10.6 Å². The standard InChI is InChI=1S/C15H20FN3O2/c1-11-10-19(6-5-17-11)15(21)9-18-14(20)8-12-3-2-4-13(16)7-12/h2-4,7,11,17H,5-6,8-10H2,1H3,(H,18,20). The van der Waals surface area contributed by atoms with Gasteiger partial charge in [-0.2, -0.15) is 0 Å². The molecular weight excluding hydrogens is 273 g/mol. The summed E-state index contributed by atoms with van der Waals surface area (Å²) in [5.74, 6) is -0.737. The van der Waals surface area contributed by atoms with Crippen molar-refractivity contribution < 1.29 is 14.0 Å². The monoisotopic (exact) mass is 293 g/mol.